The number of hydrogen-bond acceptors (Lipinski definition) is 6. The van der Waals surface area contributed by atoms with E-state index >= 15 is 0 Å². The summed E-state index contributed by atoms with van der Waals surface area (Å²) in [5.74, 6) is -1.06. The van der Waals surface area contributed by atoms with Gasteiger partial charge in [-0.15, -0.1) is 0 Å². The van der Waals surface area contributed by atoms with Crippen LogP contribution in [0.4, 0.5) is 5.69 Å². The summed E-state index contributed by atoms with van der Waals surface area (Å²) < 4.78 is 32.8. The zero-order valence-corrected chi connectivity index (χ0v) is 10.6. The molecule has 0 aromatic heterocycles. The first-order valence-electron chi connectivity index (χ1n) is 5.27. The topological polar surface area (TPSA) is 105 Å². The molecular formula is C11H10N2O5S. The van der Waals surface area contributed by atoms with E-state index in [1.807, 2.05) is 0 Å². The molecule has 1 heterocycles. The number of nitrogens with one attached hydrogen (secondary N) is 1. The summed E-state index contributed by atoms with van der Waals surface area (Å²) in [6, 6.07) is 6.23. The summed E-state index contributed by atoms with van der Waals surface area (Å²) in [6.45, 7) is 0.114. The van der Waals surface area contributed by atoms with Crippen LogP contribution in [0.2, 0.25) is 0 Å². The number of ether oxygens (including phenoxy) is 2. The lowest BCUT2D eigenvalue weighted by Gasteiger charge is -2.05. The van der Waals surface area contributed by atoms with Crippen LogP contribution in [0.1, 0.15) is 0 Å². The van der Waals surface area contributed by atoms with Crippen molar-refractivity contribution in [1.29, 1.82) is 5.26 Å². The Hall–Kier alpha value is -2.27. The Morgan fingerprint density at radius 2 is 2.11 bits per heavy atom. The van der Waals surface area contributed by atoms with E-state index in [0.717, 1.165) is 0 Å². The van der Waals surface area contributed by atoms with Gasteiger partial charge in [0.2, 0.25) is 12.7 Å². The van der Waals surface area contributed by atoms with Crippen molar-refractivity contribution >= 4 is 21.4 Å². The van der Waals surface area contributed by atoms with Crippen molar-refractivity contribution in [3.8, 4) is 17.6 Å². The molecule has 100 valence electrons. The Morgan fingerprint density at radius 3 is 2.84 bits per heavy atom. The highest BCUT2D eigenvalue weighted by atomic mass is 32.2. The Bertz CT molecular complexity index is 648. The van der Waals surface area contributed by atoms with E-state index in [0.29, 0.717) is 17.2 Å². The first kappa shape index (κ1) is 13.2. The third-order valence-electron chi connectivity index (χ3n) is 2.29. The predicted octanol–water partition coefficient (Wildman–Crippen LogP) is 0.292. The van der Waals surface area contributed by atoms with E-state index in [1.54, 1.807) is 12.1 Å². The van der Waals surface area contributed by atoms with Gasteiger partial charge in [-0.1, -0.05) is 0 Å². The van der Waals surface area contributed by atoms with Crippen LogP contribution in [0.5, 0.6) is 11.5 Å². The van der Waals surface area contributed by atoms with E-state index in [-0.39, 0.29) is 6.79 Å². The Morgan fingerprint density at radius 1 is 1.37 bits per heavy atom. The molecule has 0 atom stereocenters. The van der Waals surface area contributed by atoms with Crippen molar-refractivity contribution in [3.05, 3.63) is 18.2 Å². The highest BCUT2D eigenvalue weighted by Crippen LogP contribution is 2.34. The molecule has 1 aromatic rings. The van der Waals surface area contributed by atoms with Gasteiger partial charge >= 0.3 is 0 Å². The largest absolute Gasteiger partial charge is 0.454 e. The fraction of sp³-hybridized carbons (Fsp3) is 0.273. The quantitative estimate of drug-likeness (QED) is 0.851. The van der Waals surface area contributed by atoms with Gasteiger partial charge in [-0.25, -0.2) is 8.42 Å². The van der Waals surface area contributed by atoms with Gasteiger partial charge in [0.15, 0.2) is 21.3 Å². The van der Waals surface area contributed by atoms with Gasteiger partial charge in [-0.05, 0) is 12.1 Å². The van der Waals surface area contributed by atoms with Crippen molar-refractivity contribution < 1.29 is 22.7 Å². The van der Waals surface area contributed by atoms with Gasteiger partial charge < -0.3 is 14.8 Å². The lowest BCUT2D eigenvalue weighted by atomic mass is 10.3. The number of anilines is 1. The van der Waals surface area contributed by atoms with E-state index in [2.05, 4.69) is 5.32 Å². The molecule has 0 aliphatic carbocycles. The number of amides is 1. The van der Waals surface area contributed by atoms with Crippen LogP contribution in [0.25, 0.3) is 0 Å². The van der Waals surface area contributed by atoms with Gasteiger partial charge in [0.05, 0.1) is 6.07 Å². The fourth-order valence-electron chi connectivity index (χ4n) is 1.52. The highest BCUT2D eigenvalue weighted by Gasteiger charge is 2.18. The number of sulfone groups is 1. The monoisotopic (exact) mass is 282 g/mol. The third kappa shape index (κ3) is 3.35. The molecule has 0 radical (unpaired) electrons. The standard InChI is InChI=1S/C11H10N2O5S/c12-3-4-19(15,16)6-11(14)13-8-1-2-9-10(5-8)18-7-17-9/h1-2,5H,4,6-7H2,(H,13,14). The normalized spacial score (nSPS) is 12.8. The molecule has 1 aliphatic heterocycles. The van der Waals surface area contributed by atoms with Crippen molar-refractivity contribution in [3.63, 3.8) is 0 Å². The maximum atomic E-state index is 11.5. The zero-order chi connectivity index (χ0) is 13.9. The maximum absolute atomic E-state index is 11.5. The summed E-state index contributed by atoms with van der Waals surface area (Å²) >= 11 is 0. The second-order valence-electron chi connectivity index (χ2n) is 3.81. The lowest BCUT2D eigenvalue weighted by Crippen LogP contribution is -2.24. The zero-order valence-electron chi connectivity index (χ0n) is 9.75. The number of nitriles is 1. The van der Waals surface area contributed by atoms with Crippen molar-refractivity contribution in [1.82, 2.24) is 0 Å². The number of carbonyl (C=O) groups excluding carboxylic acids is 1. The van der Waals surface area contributed by atoms with Crippen LogP contribution >= 0.6 is 0 Å². The number of carbonyl (C=O) groups is 1. The molecule has 0 spiro atoms. The minimum atomic E-state index is -3.69. The van der Waals surface area contributed by atoms with Gasteiger partial charge in [0.25, 0.3) is 0 Å². The second kappa shape index (κ2) is 5.16. The third-order valence-corrected chi connectivity index (χ3v) is 3.56. The first-order chi connectivity index (χ1) is 9.00. The molecule has 8 heteroatoms. The number of benzene rings is 1. The highest BCUT2D eigenvalue weighted by molar-refractivity contribution is 7.92. The molecule has 1 aliphatic rings. The maximum Gasteiger partial charge on any atom is 0.239 e. The number of rotatable bonds is 4. The molecule has 7 nitrogen and oxygen atoms in total. The number of fused-ring (bicyclic) bond motifs is 1. The molecule has 1 aromatic carbocycles. The average Bonchev–Trinajstić information content (AvgIpc) is 2.74. The Kier molecular flexibility index (Phi) is 3.57. The molecule has 0 saturated heterocycles. The van der Waals surface area contributed by atoms with Crippen LogP contribution < -0.4 is 14.8 Å². The smallest absolute Gasteiger partial charge is 0.239 e. The van der Waals surface area contributed by atoms with E-state index in [4.69, 9.17) is 14.7 Å². The minimum Gasteiger partial charge on any atom is -0.454 e. The molecule has 2 rings (SSSR count). The summed E-state index contributed by atoms with van der Waals surface area (Å²) in [4.78, 5) is 11.5. The minimum absolute atomic E-state index is 0.114. The van der Waals surface area contributed by atoms with Crippen molar-refractivity contribution in [2.75, 3.05) is 23.6 Å². The summed E-state index contributed by atoms with van der Waals surface area (Å²) in [6.07, 6.45) is 0. The summed E-state index contributed by atoms with van der Waals surface area (Å²) in [7, 11) is -3.69. The van der Waals surface area contributed by atoms with Gasteiger partial charge in [-0.3, -0.25) is 4.79 Å². The van der Waals surface area contributed by atoms with Gasteiger partial charge in [-0.2, -0.15) is 5.26 Å². The average molecular weight is 282 g/mol. The summed E-state index contributed by atoms with van der Waals surface area (Å²) in [5, 5.41) is 10.7. The first-order valence-corrected chi connectivity index (χ1v) is 7.09. The SMILES string of the molecule is N#CCS(=O)(=O)CC(=O)Nc1ccc2c(c1)OCO2. The second-order valence-corrected chi connectivity index (χ2v) is 5.87. The van der Waals surface area contributed by atoms with Crippen LogP contribution in [0.15, 0.2) is 18.2 Å². The number of nitrogens with zero attached hydrogens (tertiary/aromatic N) is 1. The van der Waals surface area contributed by atoms with Gasteiger partial charge in [0, 0.05) is 11.8 Å². The molecule has 0 unspecified atom stereocenters. The molecule has 1 amide bonds. The molecular weight excluding hydrogens is 272 g/mol. The summed E-state index contributed by atoms with van der Waals surface area (Å²) in [5.41, 5.74) is 0.404. The number of hydrogen-bond donors (Lipinski definition) is 1. The molecule has 0 bridgehead atoms. The molecule has 0 fully saturated rings. The van der Waals surface area contributed by atoms with Crippen molar-refractivity contribution in [2.24, 2.45) is 0 Å². The van der Waals surface area contributed by atoms with Crippen LogP contribution in [-0.4, -0.2) is 32.6 Å². The Balaban J connectivity index is 2.02. The van der Waals surface area contributed by atoms with Crippen molar-refractivity contribution in [2.45, 2.75) is 0 Å². The predicted molar refractivity (Wildman–Crippen MR) is 65.5 cm³/mol. The molecule has 0 saturated carbocycles. The fourth-order valence-corrected chi connectivity index (χ4v) is 2.29. The van der Waals surface area contributed by atoms with Crippen LogP contribution in [0, 0.1) is 11.3 Å². The van der Waals surface area contributed by atoms with E-state index in [9.17, 15) is 13.2 Å². The van der Waals surface area contributed by atoms with Crippen LogP contribution in [0.3, 0.4) is 0 Å². The lowest BCUT2D eigenvalue weighted by molar-refractivity contribution is -0.113. The van der Waals surface area contributed by atoms with E-state index < -0.39 is 27.3 Å². The van der Waals surface area contributed by atoms with E-state index in [1.165, 1.54) is 12.1 Å². The molecule has 19 heavy (non-hydrogen) atoms. The van der Waals surface area contributed by atoms with Gasteiger partial charge in [0.1, 0.15) is 11.5 Å². The molecule has 1 N–H and O–H groups in total. The Labute approximate surface area is 109 Å². The van der Waals surface area contributed by atoms with Crippen LogP contribution in [-0.2, 0) is 14.6 Å².